The van der Waals surface area contributed by atoms with Crippen molar-refractivity contribution in [3.63, 3.8) is 0 Å². The number of amides is 1. The minimum Gasteiger partial charge on any atom is -0.467 e. The van der Waals surface area contributed by atoms with Crippen molar-refractivity contribution < 1.29 is 23.8 Å². The van der Waals surface area contributed by atoms with Gasteiger partial charge in [0.1, 0.15) is 11.9 Å². The highest BCUT2D eigenvalue weighted by Gasteiger charge is 2.21. The lowest BCUT2D eigenvalue weighted by Crippen LogP contribution is -2.44. The molecule has 100 valence electrons. The molecule has 19 heavy (non-hydrogen) atoms. The van der Waals surface area contributed by atoms with Crippen LogP contribution in [0.4, 0.5) is 4.39 Å². The molecule has 1 amide bonds. The molecule has 0 aromatic heterocycles. The van der Waals surface area contributed by atoms with Crippen molar-refractivity contribution in [2.75, 3.05) is 13.7 Å². The van der Waals surface area contributed by atoms with Crippen LogP contribution in [0.5, 0.6) is 0 Å². The van der Waals surface area contributed by atoms with E-state index >= 15 is 0 Å². The number of nitriles is 1. The molecular formula is C12H11FN2O4. The second-order valence-electron chi connectivity index (χ2n) is 3.54. The summed E-state index contributed by atoms with van der Waals surface area (Å²) in [6, 6.07) is 3.66. The van der Waals surface area contributed by atoms with Crippen LogP contribution in [0.2, 0.25) is 0 Å². The zero-order valence-corrected chi connectivity index (χ0v) is 10.0. The van der Waals surface area contributed by atoms with E-state index in [0.717, 1.165) is 19.2 Å². The van der Waals surface area contributed by atoms with E-state index in [9.17, 15) is 14.0 Å². The topological polar surface area (TPSA) is 99.4 Å². The molecule has 6 nitrogen and oxygen atoms in total. The van der Waals surface area contributed by atoms with Crippen LogP contribution in [0.1, 0.15) is 15.9 Å². The Bertz CT molecular complexity index is 539. The van der Waals surface area contributed by atoms with E-state index in [1.807, 2.05) is 0 Å². The number of ether oxygens (including phenoxy) is 1. The lowest BCUT2D eigenvalue weighted by Gasteiger charge is -2.13. The van der Waals surface area contributed by atoms with Gasteiger partial charge in [-0.25, -0.2) is 9.18 Å². The molecule has 1 rings (SSSR count). The molecule has 0 heterocycles. The molecule has 1 aromatic rings. The number of carbonyl (C=O) groups excluding carboxylic acids is 2. The van der Waals surface area contributed by atoms with Gasteiger partial charge in [0, 0.05) is 5.56 Å². The smallest absolute Gasteiger partial charge is 0.330 e. The van der Waals surface area contributed by atoms with Crippen LogP contribution in [-0.4, -0.2) is 36.7 Å². The Hall–Kier alpha value is -2.46. The average Bonchev–Trinajstić information content (AvgIpc) is 2.43. The summed E-state index contributed by atoms with van der Waals surface area (Å²) in [6.45, 7) is -0.642. The number of hydrogen-bond donors (Lipinski definition) is 2. The van der Waals surface area contributed by atoms with E-state index in [1.54, 1.807) is 6.07 Å². The number of nitrogens with zero attached hydrogens (tertiary/aromatic N) is 1. The maximum atomic E-state index is 13.3. The fraction of sp³-hybridized carbons (Fsp3) is 0.250. The zero-order chi connectivity index (χ0) is 14.4. The predicted octanol–water partition coefficient (Wildman–Crippen LogP) is -0.0389. The highest BCUT2D eigenvalue weighted by molar-refractivity contribution is 5.96. The molecule has 0 aliphatic heterocycles. The minimum absolute atomic E-state index is 0.0705. The predicted molar refractivity (Wildman–Crippen MR) is 61.5 cm³/mol. The van der Waals surface area contributed by atoms with Crippen LogP contribution in [0, 0.1) is 17.1 Å². The first kappa shape index (κ1) is 14.6. The van der Waals surface area contributed by atoms with Crippen molar-refractivity contribution in [2.24, 2.45) is 0 Å². The lowest BCUT2D eigenvalue weighted by atomic mass is 10.1. The molecule has 2 N–H and O–H groups in total. The fourth-order valence-electron chi connectivity index (χ4n) is 1.31. The molecule has 0 fully saturated rings. The Kier molecular flexibility index (Phi) is 4.97. The lowest BCUT2D eigenvalue weighted by molar-refractivity contribution is -0.143. The summed E-state index contributed by atoms with van der Waals surface area (Å²) in [5, 5.41) is 19.7. The van der Waals surface area contributed by atoms with E-state index in [0.29, 0.717) is 0 Å². The van der Waals surface area contributed by atoms with E-state index in [-0.39, 0.29) is 11.1 Å². The molecule has 7 heteroatoms. The molecule has 1 unspecified atom stereocenters. The first-order valence-electron chi connectivity index (χ1n) is 5.22. The standard InChI is InChI=1S/C12H11FN2O4/c1-19-12(18)10(6-16)15-11(17)7-2-3-8(5-14)9(13)4-7/h2-4,10,16H,6H2,1H3,(H,15,17). The van der Waals surface area contributed by atoms with Crippen LogP contribution in [0.3, 0.4) is 0 Å². The third-order valence-corrected chi connectivity index (χ3v) is 2.33. The number of aliphatic hydroxyl groups excluding tert-OH is 1. The first-order valence-corrected chi connectivity index (χ1v) is 5.22. The molecule has 1 aromatic carbocycles. The highest BCUT2D eigenvalue weighted by Crippen LogP contribution is 2.09. The number of hydrogen-bond acceptors (Lipinski definition) is 5. The highest BCUT2D eigenvalue weighted by atomic mass is 19.1. The average molecular weight is 266 g/mol. The number of halogens is 1. The van der Waals surface area contributed by atoms with Crippen LogP contribution in [0.15, 0.2) is 18.2 Å². The van der Waals surface area contributed by atoms with Gasteiger partial charge in [-0.15, -0.1) is 0 Å². The zero-order valence-electron chi connectivity index (χ0n) is 10.0. The van der Waals surface area contributed by atoms with Crippen molar-refractivity contribution in [3.8, 4) is 6.07 Å². The van der Waals surface area contributed by atoms with Gasteiger partial charge in [-0.05, 0) is 18.2 Å². The summed E-state index contributed by atoms with van der Waals surface area (Å²) < 4.78 is 17.7. The van der Waals surface area contributed by atoms with Crippen molar-refractivity contribution >= 4 is 11.9 Å². The van der Waals surface area contributed by atoms with Gasteiger partial charge in [0.15, 0.2) is 6.04 Å². The van der Waals surface area contributed by atoms with Gasteiger partial charge in [0.25, 0.3) is 5.91 Å². The maximum Gasteiger partial charge on any atom is 0.330 e. The Labute approximate surface area is 108 Å². The normalized spacial score (nSPS) is 11.3. The van der Waals surface area contributed by atoms with Crippen LogP contribution in [0.25, 0.3) is 0 Å². The third kappa shape index (κ3) is 3.50. The monoisotopic (exact) mass is 266 g/mol. The van der Waals surface area contributed by atoms with Crippen molar-refractivity contribution in [1.29, 1.82) is 5.26 Å². The fourth-order valence-corrected chi connectivity index (χ4v) is 1.31. The number of methoxy groups -OCH3 is 1. The van der Waals surface area contributed by atoms with Gasteiger partial charge < -0.3 is 15.2 Å². The Balaban J connectivity index is 2.87. The van der Waals surface area contributed by atoms with Crippen LogP contribution < -0.4 is 5.32 Å². The number of rotatable bonds is 4. The summed E-state index contributed by atoms with van der Waals surface area (Å²) in [4.78, 5) is 22.9. The molecule has 0 aliphatic carbocycles. The number of aliphatic hydroxyl groups is 1. The summed E-state index contributed by atoms with van der Waals surface area (Å²) >= 11 is 0. The van der Waals surface area contributed by atoms with Crippen molar-refractivity contribution in [2.45, 2.75) is 6.04 Å². The second kappa shape index (κ2) is 6.47. The maximum absolute atomic E-state index is 13.3. The number of carbonyl (C=O) groups is 2. The molecule has 0 spiro atoms. The third-order valence-electron chi connectivity index (χ3n) is 2.33. The van der Waals surface area contributed by atoms with Gasteiger partial charge in [0.05, 0.1) is 19.3 Å². The summed E-state index contributed by atoms with van der Waals surface area (Å²) in [7, 11) is 1.11. The van der Waals surface area contributed by atoms with Gasteiger partial charge in [-0.3, -0.25) is 4.79 Å². The summed E-state index contributed by atoms with van der Waals surface area (Å²) in [5.41, 5.74) is -0.262. The summed E-state index contributed by atoms with van der Waals surface area (Å²) in [5.74, 6) is -2.41. The van der Waals surface area contributed by atoms with E-state index in [1.165, 1.54) is 6.07 Å². The minimum atomic E-state index is -1.23. The molecule has 1 atom stereocenters. The molecule has 0 aliphatic rings. The van der Waals surface area contributed by atoms with Gasteiger partial charge in [-0.2, -0.15) is 5.26 Å². The summed E-state index contributed by atoms with van der Waals surface area (Å²) in [6.07, 6.45) is 0. The SMILES string of the molecule is COC(=O)C(CO)NC(=O)c1ccc(C#N)c(F)c1. The molecule has 0 saturated heterocycles. The Morgan fingerprint density at radius 2 is 2.26 bits per heavy atom. The Morgan fingerprint density at radius 3 is 2.74 bits per heavy atom. The van der Waals surface area contributed by atoms with Gasteiger partial charge in [-0.1, -0.05) is 0 Å². The van der Waals surface area contributed by atoms with Crippen LogP contribution >= 0.6 is 0 Å². The van der Waals surface area contributed by atoms with Crippen LogP contribution in [-0.2, 0) is 9.53 Å². The molecule has 0 saturated carbocycles. The largest absolute Gasteiger partial charge is 0.467 e. The number of nitrogens with one attached hydrogen (secondary N) is 1. The first-order chi connectivity index (χ1) is 9.03. The van der Waals surface area contributed by atoms with E-state index in [4.69, 9.17) is 10.4 Å². The molecular weight excluding hydrogens is 255 g/mol. The van der Waals surface area contributed by atoms with Gasteiger partial charge in [0.2, 0.25) is 0 Å². The van der Waals surface area contributed by atoms with Gasteiger partial charge >= 0.3 is 5.97 Å². The number of benzene rings is 1. The quantitative estimate of drug-likeness (QED) is 0.745. The Morgan fingerprint density at radius 1 is 1.58 bits per heavy atom. The second-order valence-corrected chi connectivity index (χ2v) is 3.54. The van der Waals surface area contributed by atoms with Crippen molar-refractivity contribution in [1.82, 2.24) is 5.32 Å². The van der Waals surface area contributed by atoms with E-state index in [2.05, 4.69) is 10.1 Å². The molecule has 0 radical (unpaired) electrons. The number of esters is 1. The van der Waals surface area contributed by atoms with E-state index < -0.39 is 30.3 Å². The molecule has 0 bridgehead atoms. The van der Waals surface area contributed by atoms with Crippen molar-refractivity contribution in [3.05, 3.63) is 35.1 Å².